The smallest absolute Gasteiger partial charge is 0.224 e. The van der Waals surface area contributed by atoms with E-state index < -0.39 is 0 Å². The van der Waals surface area contributed by atoms with Crippen molar-refractivity contribution in [3.8, 4) is 0 Å². The number of amides is 2. The van der Waals surface area contributed by atoms with Crippen LogP contribution in [0.3, 0.4) is 0 Å². The lowest BCUT2D eigenvalue weighted by molar-refractivity contribution is -0.131. The van der Waals surface area contributed by atoms with Crippen LogP contribution >= 0.6 is 0 Å². The molecule has 0 aliphatic rings. The highest BCUT2D eigenvalue weighted by Gasteiger charge is 2.13. The average molecular weight is 257 g/mol. The Labute approximate surface area is 110 Å². The molecular weight excluding hydrogens is 230 g/mol. The van der Waals surface area contributed by atoms with Crippen molar-refractivity contribution < 1.29 is 9.59 Å². The van der Waals surface area contributed by atoms with Gasteiger partial charge in [-0.2, -0.15) is 0 Å². The Bertz CT molecular complexity index is 253. The van der Waals surface area contributed by atoms with E-state index in [0.717, 1.165) is 19.6 Å². The van der Waals surface area contributed by atoms with Crippen LogP contribution in [0.1, 0.15) is 34.1 Å². The van der Waals surface area contributed by atoms with Gasteiger partial charge in [-0.25, -0.2) is 0 Å². The first kappa shape index (κ1) is 16.9. The summed E-state index contributed by atoms with van der Waals surface area (Å²) in [4.78, 5) is 25.1. The summed E-state index contributed by atoms with van der Waals surface area (Å²) in [7, 11) is 0. The van der Waals surface area contributed by atoms with Crippen molar-refractivity contribution in [3.05, 3.63) is 0 Å². The van der Waals surface area contributed by atoms with E-state index in [2.05, 4.69) is 10.6 Å². The molecule has 106 valence electrons. The summed E-state index contributed by atoms with van der Waals surface area (Å²) in [5.41, 5.74) is 0. The van der Waals surface area contributed by atoms with Crippen LogP contribution in [0.4, 0.5) is 0 Å². The Hall–Kier alpha value is -1.10. The van der Waals surface area contributed by atoms with Crippen molar-refractivity contribution in [3.63, 3.8) is 0 Å². The van der Waals surface area contributed by atoms with Crippen molar-refractivity contribution in [1.29, 1.82) is 0 Å². The molecule has 1 atom stereocenters. The average Bonchev–Trinajstić information content (AvgIpc) is 2.37. The second-order valence-electron chi connectivity index (χ2n) is 4.32. The fourth-order valence-corrected chi connectivity index (χ4v) is 1.65. The molecule has 0 saturated carbocycles. The molecular formula is C13H27N3O2. The van der Waals surface area contributed by atoms with Crippen LogP contribution in [-0.2, 0) is 9.59 Å². The highest BCUT2D eigenvalue weighted by molar-refractivity contribution is 5.80. The molecule has 0 aliphatic heterocycles. The van der Waals surface area contributed by atoms with Crippen LogP contribution in [0.15, 0.2) is 0 Å². The summed E-state index contributed by atoms with van der Waals surface area (Å²) < 4.78 is 0. The fourth-order valence-electron chi connectivity index (χ4n) is 1.65. The van der Waals surface area contributed by atoms with Gasteiger partial charge in [0.2, 0.25) is 11.8 Å². The molecule has 5 nitrogen and oxygen atoms in total. The van der Waals surface area contributed by atoms with Gasteiger partial charge in [0.1, 0.15) is 0 Å². The van der Waals surface area contributed by atoms with Crippen LogP contribution in [0.5, 0.6) is 0 Å². The van der Waals surface area contributed by atoms with Crippen molar-refractivity contribution in [2.45, 2.75) is 34.1 Å². The van der Waals surface area contributed by atoms with Crippen molar-refractivity contribution in [2.24, 2.45) is 5.92 Å². The standard InChI is InChI=1S/C13H27N3O2/c1-5-14-10-11(4)13(18)15-9-8-12(17)16(6-2)7-3/h11,14H,5-10H2,1-4H3,(H,15,18). The molecule has 2 amide bonds. The third-order valence-corrected chi connectivity index (χ3v) is 2.90. The van der Waals surface area contributed by atoms with E-state index in [9.17, 15) is 9.59 Å². The van der Waals surface area contributed by atoms with Gasteiger partial charge in [-0.3, -0.25) is 9.59 Å². The monoisotopic (exact) mass is 257 g/mol. The zero-order chi connectivity index (χ0) is 14.0. The predicted molar refractivity (Wildman–Crippen MR) is 73.3 cm³/mol. The van der Waals surface area contributed by atoms with E-state index in [1.165, 1.54) is 0 Å². The van der Waals surface area contributed by atoms with Crippen molar-refractivity contribution in [1.82, 2.24) is 15.5 Å². The number of nitrogens with zero attached hydrogens (tertiary/aromatic N) is 1. The summed E-state index contributed by atoms with van der Waals surface area (Å²) in [6.45, 7) is 11.2. The van der Waals surface area contributed by atoms with Gasteiger partial charge in [-0.1, -0.05) is 13.8 Å². The highest BCUT2D eigenvalue weighted by Crippen LogP contribution is 1.95. The van der Waals surface area contributed by atoms with Gasteiger partial charge >= 0.3 is 0 Å². The van der Waals surface area contributed by atoms with Gasteiger partial charge in [-0.05, 0) is 20.4 Å². The Morgan fingerprint density at radius 2 is 1.78 bits per heavy atom. The second-order valence-corrected chi connectivity index (χ2v) is 4.32. The van der Waals surface area contributed by atoms with Gasteiger partial charge in [-0.15, -0.1) is 0 Å². The molecule has 0 aromatic carbocycles. The topological polar surface area (TPSA) is 61.4 Å². The van der Waals surface area contributed by atoms with Gasteiger partial charge in [0.15, 0.2) is 0 Å². The van der Waals surface area contributed by atoms with E-state index in [0.29, 0.717) is 19.5 Å². The first-order chi connectivity index (χ1) is 8.56. The number of nitrogens with one attached hydrogen (secondary N) is 2. The number of hydrogen-bond donors (Lipinski definition) is 2. The minimum atomic E-state index is -0.0616. The summed E-state index contributed by atoms with van der Waals surface area (Å²) in [5.74, 6) is 0.0384. The summed E-state index contributed by atoms with van der Waals surface area (Å²) in [6.07, 6.45) is 0.376. The zero-order valence-electron chi connectivity index (χ0n) is 12.1. The summed E-state index contributed by atoms with van der Waals surface area (Å²) >= 11 is 0. The molecule has 0 spiro atoms. The van der Waals surface area contributed by atoms with Crippen LogP contribution < -0.4 is 10.6 Å². The van der Waals surface area contributed by atoms with E-state index in [-0.39, 0.29) is 17.7 Å². The molecule has 0 aliphatic carbocycles. The van der Waals surface area contributed by atoms with Gasteiger partial charge in [0, 0.05) is 38.5 Å². The van der Waals surface area contributed by atoms with Crippen LogP contribution in [0, 0.1) is 5.92 Å². The van der Waals surface area contributed by atoms with E-state index in [1.807, 2.05) is 27.7 Å². The Balaban J connectivity index is 3.83. The van der Waals surface area contributed by atoms with Gasteiger partial charge in [0.25, 0.3) is 0 Å². The Kier molecular flexibility index (Phi) is 9.28. The van der Waals surface area contributed by atoms with Crippen LogP contribution in [0.25, 0.3) is 0 Å². The van der Waals surface area contributed by atoms with Gasteiger partial charge in [0.05, 0.1) is 0 Å². The maximum absolute atomic E-state index is 11.7. The molecule has 0 heterocycles. The Morgan fingerprint density at radius 3 is 2.28 bits per heavy atom. The number of hydrogen-bond acceptors (Lipinski definition) is 3. The SMILES string of the molecule is CCNCC(C)C(=O)NCCC(=O)N(CC)CC. The minimum absolute atomic E-state index is 0.00305. The molecule has 0 bridgehead atoms. The first-order valence-electron chi connectivity index (χ1n) is 6.82. The molecule has 0 aromatic heterocycles. The predicted octanol–water partition coefficient (Wildman–Crippen LogP) is 0.607. The van der Waals surface area contributed by atoms with Gasteiger partial charge < -0.3 is 15.5 Å². The minimum Gasteiger partial charge on any atom is -0.355 e. The normalized spacial score (nSPS) is 12.0. The molecule has 2 N–H and O–H groups in total. The molecule has 1 unspecified atom stereocenters. The van der Waals surface area contributed by atoms with Crippen LogP contribution in [0.2, 0.25) is 0 Å². The second kappa shape index (κ2) is 9.88. The Morgan fingerprint density at radius 1 is 1.17 bits per heavy atom. The molecule has 0 aromatic rings. The third kappa shape index (κ3) is 6.59. The largest absolute Gasteiger partial charge is 0.355 e. The first-order valence-corrected chi connectivity index (χ1v) is 6.82. The van der Waals surface area contributed by atoms with Crippen molar-refractivity contribution >= 4 is 11.8 Å². The van der Waals surface area contributed by atoms with Crippen molar-refractivity contribution in [2.75, 3.05) is 32.7 Å². The molecule has 18 heavy (non-hydrogen) atoms. The zero-order valence-corrected chi connectivity index (χ0v) is 12.1. The summed E-state index contributed by atoms with van der Waals surface area (Å²) in [6, 6.07) is 0. The number of carbonyl (C=O) groups excluding carboxylic acids is 2. The molecule has 0 rings (SSSR count). The third-order valence-electron chi connectivity index (χ3n) is 2.90. The lowest BCUT2D eigenvalue weighted by Crippen LogP contribution is -2.38. The quantitative estimate of drug-likeness (QED) is 0.636. The molecule has 5 heteroatoms. The molecule has 0 fully saturated rings. The lowest BCUT2D eigenvalue weighted by Gasteiger charge is -2.19. The molecule has 0 saturated heterocycles. The van der Waals surface area contributed by atoms with E-state index in [4.69, 9.17) is 0 Å². The van der Waals surface area contributed by atoms with E-state index in [1.54, 1.807) is 4.90 Å². The maximum Gasteiger partial charge on any atom is 0.224 e. The maximum atomic E-state index is 11.7. The number of rotatable bonds is 9. The highest BCUT2D eigenvalue weighted by atomic mass is 16.2. The fraction of sp³-hybridized carbons (Fsp3) is 0.846. The molecule has 0 radical (unpaired) electrons. The number of carbonyl (C=O) groups is 2. The van der Waals surface area contributed by atoms with Crippen LogP contribution in [-0.4, -0.2) is 49.4 Å². The lowest BCUT2D eigenvalue weighted by atomic mass is 10.1. The summed E-state index contributed by atoms with van der Waals surface area (Å²) in [5, 5.41) is 5.93. The van der Waals surface area contributed by atoms with E-state index >= 15 is 0 Å².